The van der Waals surface area contributed by atoms with Gasteiger partial charge in [0.25, 0.3) is 5.91 Å². The SMILES string of the molecule is Cc1ccccc1-n1cnc(C(=O)NCCN2CCOCC2)n1. The molecule has 1 N–H and O–H groups in total. The predicted molar refractivity (Wildman–Crippen MR) is 85.7 cm³/mol. The van der Waals surface area contributed by atoms with Gasteiger partial charge in [0.2, 0.25) is 5.82 Å². The Hall–Kier alpha value is -2.25. The van der Waals surface area contributed by atoms with Crippen LogP contribution in [0.4, 0.5) is 0 Å². The van der Waals surface area contributed by atoms with Gasteiger partial charge in [-0.1, -0.05) is 18.2 Å². The number of carbonyl (C=O) groups is 1. The summed E-state index contributed by atoms with van der Waals surface area (Å²) in [5.74, 6) is -0.0548. The number of benzene rings is 1. The second-order valence-corrected chi connectivity index (χ2v) is 5.51. The van der Waals surface area contributed by atoms with Crippen molar-refractivity contribution in [3.05, 3.63) is 42.0 Å². The third-order valence-corrected chi connectivity index (χ3v) is 3.87. The van der Waals surface area contributed by atoms with Crippen LogP contribution >= 0.6 is 0 Å². The first-order chi connectivity index (χ1) is 11.2. The predicted octanol–water partition coefficient (Wildman–Crippen LogP) is 0.638. The number of nitrogens with one attached hydrogen (secondary N) is 1. The zero-order chi connectivity index (χ0) is 16.1. The highest BCUT2D eigenvalue weighted by Crippen LogP contribution is 2.11. The maximum Gasteiger partial charge on any atom is 0.291 e. The topological polar surface area (TPSA) is 72.3 Å². The number of ether oxygens (including phenoxy) is 1. The van der Waals surface area contributed by atoms with E-state index in [2.05, 4.69) is 20.3 Å². The van der Waals surface area contributed by atoms with Crippen LogP contribution in [0.3, 0.4) is 0 Å². The van der Waals surface area contributed by atoms with Gasteiger partial charge in [0.15, 0.2) is 0 Å². The number of aryl methyl sites for hydroxylation is 1. The van der Waals surface area contributed by atoms with E-state index in [9.17, 15) is 4.79 Å². The molecule has 0 radical (unpaired) electrons. The van der Waals surface area contributed by atoms with Crippen molar-refractivity contribution >= 4 is 5.91 Å². The maximum atomic E-state index is 12.1. The van der Waals surface area contributed by atoms with Crippen LogP contribution in [-0.4, -0.2) is 65.0 Å². The van der Waals surface area contributed by atoms with Crippen molar-refractivity contribution in [2.45, 2.75) is 6.92 Å². The molecule has 1 aromatic heterocycles. The van der Waals surface area contributed by atoms with Crippen molar-refractivity contribution < 1.29 is 9.53 Å². The molecule has 1 aliphatic heterocycles. The lowest BCUT2D eigenvalue weighted by Crippen LogP contribution is -2.41. The Morgan fingerprint density at radius 1 is 1.30 bits per heavy atom. The zero-order valence-electron chi connectivity index (χ0n) is 13.2. The maximum absolute atomic E-state index is 12.1. The third kappa shape index (κ3) is 3.94. The van der Waals surface area contributed by atoms with Crippen molar-refractivity contribution in [3.63, 3.8) is 0 Å². The first-order valence-corrected chi connectivity index (χ1v) is 7.80. The van der Waals surface area contributed by atoms with E-state index < -0.39 is 0 Å². The molecule has 0 bridgehead atoms. The molecule has 7 heteroatoms. The van der Waals surface area contributed by atoms with Gasteiger partial charge in [0.05, 0.1) is 18.9 Å². The van der Waals surface area contributed by atoms with Crippen molar-refractivity contribution in [1.82, 2.24) is 25.0 Å². The largest absolute Gasteiger partial charge is 0.379 e. The van der Waals surface area contributed by atoms with Crippen molar-refractivity contribution in [2.24, 2.45) is 0 Å². The van der Waals surface area contributed by atoms with Crippen LogP contribution in [0.1, 0.15) is 16.2 Å². The highest BCUT2D eigenvalue weighted by Gasteiger charge is 2.14. The minimum atomic E-state index is -0.245. The summed E-state index contributed by atoms with van der Waals surface area (Å²) in [7, 11) is 0. The van der Waals surface area contributed by atoms with E-state index in [1.165, 1.54) is 0 Å². The average Bonchev–Trinajstić information content (AvgIpc) is 3.06. The number of carbonyl (C=O) groups excluding carboxylic acids is 1. The molecule has 0 spiro atoms. The second-order valence-electron chi connectivity index (χ2n) is 5.51. The molecular weight excluding hydrogens is 294 g/mol. The van der Waals surface area contributed by atoms with Gasteiger partial charge in [0.1, 0.15) is 6.33 Å². The number of hydrogen-bond acceptors (Lipinski definition) is 5. The zero-order valence-corrected chi connectivity index (χ0v) is 13.2. The van der Waals surface area contributed by atoms with Crippen LogP contribution in [-0.2, 0) is 4.74 Å². The molecule has 1 fully saturated rings. The average molecular weight is 315 g/mol. The van der Waals surface area contributed by atoms with E-state index in [0.717, 1.165) is 44.1 Å². The van der Waals surface area contributed by atoms with Gasteiger partial charge in [-0.15, -0.1) is 5.10 Å². The Morgan fingerprint density at radius 3 is 2.87 bits per heavy atom. The highest BCUT2D eigenvalue weighted by molar-refractivity contribution is 5.90. The number of nitrogens with zero attached hydrogens (tertiary/aromatic N) is 4. The molecule has 122 valence electrons. The molecule has 7 nitrogen and oxygen atoms in total. The lowest BCUT2D eigenvalue weighted by atomic mass is 10.2. The number of para-hydroxylation sites is 1. The fourth-order valence-electron chi connectivity index (χ4n) is 2.54. The normalized spacial score (nSPS) is 15.5. The van der Waals surface area contributed by atoms with E-state index in [1.807, 2.05) is 31.2 Å². The standard InChI is InChI=1S/C16H21N5O2/c1-13-4-2-3-5-14(13)21-12-18-15(19-21)16(22)17-6-7-20-8-10-23-11-9-20/h2-5,12H,6-11H2,1H3,(H,17,22). The quantitative estimate of drug-likeness (QED) is 0.876. The molecule has 2 aromatic rings. The summed E-state index contributed by atoms with van der Waals surface area (Å²) >= 11 is 0. The molecule has 1 aliphatic rings. The summed E-state index contributed by atoms with van der Waals surface area (Å²) in [5.41, 5.74) is 2.00. The van der Waals surface area contributed by atoms with Gasteiger partial charge in [-0.3, -0.25) is 9.69 Å². The van der Waals surface area contributed by atoms with Gasteiger partial charge in [0, 0.05) is 26.2 Å². The van der Waals surface area contributed by atoms with Crippen LogP contribution in [0.2, 0.25) is 0 Å². The van der Waals surface area contributed by atoms with E-state index in [1.54, 1.807) is 11.0 Å². The molecule has 2 heterocycles. The fourth-order valence-corrected chi connectivity index (χ4v) is 2.54. The Kier molecular flexibility index (Phi) is 4.99. The van der Waals surface area contributed by atoms with E-state index >= 15 is 0 Å². The molecule has 1 saturated heterocycles. The summed E-state index contributed by atoms with van der Waals surface area (Å²) in [6.07, 6.45) is 1.57. The lowest BCUT2D eigenvalue weighted by molar-refractivity contribution is 0.0383. The molecule has 0 unspecified atom stereocenters. The first kappa shape index (κ1) is 15.6. The van der Waals surface area contributed by atoms with Crippen LogP contribution in [0.15, 0.2) is 30.6 Å². The van der Waals surface area contributed by atoms with Crippen LogP contribution in [0, 0.1) is 6.92 Å². The molecule has 0 saturated carbocycles. The molecule has 1 aromatic carbocycles. The fraction of sp³-hybridized carbons (Fsp3) is 0.438. The first-order valence-electron chi connectivity index (χ1n) is 7.80. The Bertz CT molecular complexity index is 664. The minimum absolute atomic E-state index is 0.190. The minimum Gasteiger partial charge on any atom is -0.379 e. The van der Waals surface area contributed by atoms with Gasteiger partial charge < -0.3 is 10.1 Å². The Morgan fingerprint density at radius 2 is 2.09 bits per heavy atom. The van der Waals surface area contributed by atoms with E-state index in [0.29, 0.717) is 6.54 Å². The summed E-state index contributed by atoms with van der Waals surface area (Å²) in [6.45, 7) is 6.74. The number of hydrogen-bond donors (Lipinski definition) is 1. The second kappa shape index (κ2) is 7.34. The van der Waals surface area contributed by atoms with Crippen LogP contribution < -0.4 is 5.32 Å². The molecule has 1 amide bonds. The van der Waals surface area contributed by atoms with E-state index in [4.69, 9.17) is 4.74 Å². The van der Waals surface area contributed by atoms with Crippen molar-refractivity contribution in [2.75, 3.05) is 39.4 Å². The number of aromatic nitrogens is 3. The molecule has 3 rings (SSSR count). The number of rotatable bonds is 5. The Balaban J connectivity index is 1.55. The summed E-state index contributed by atoms with van der Waals surface area (Å²) < 4.78 is 6.93. The number of morpholine rings is 1. The number of amides is 1. The summed E-state index contributed by atoms with van der Waals surface area (Å²) in [4.78, 5) is 18.5. The summed E-state index contributed by atoms with van der Waals surface area (Å²) in [5, 5.41) is 7.13. The van der Waals surface area contributed by atoms with Gasteiger partial charge in [-0.25, -0.2) is 9.67 Å². The van der Waals surface area contributed by atoms with Crippen molar-refractivity contribution in [1.29, 1.82) is 0 Å². The smallest absolute Gasteiger partial charge is 0.291 e. The highest BCUT2D eigenvalue weighted by atomic mass is 16.5. The van der Waals surface area contributed by atoms with Crippen molar-refractivity contribution in [3.8, 4) is 5.69 Å². The van der Waals surface area contributed by atoms with Gasteiger partial charge >= 0.3 is 0 Å². The van der Waals surface area contributed by atoms with Gasteiger partial charge in [-0.05, 0) is 18.6 Å². The molecule has 23 heavy (non-hydrogen) atoms. The molecule has 0 aliphatic carbocycles. The monoisotopic (exact) mass is 315 g/mol. The lowest BCUT2D eigenvalue weighted by Gasteiger charge is -2.26. The summed E-state index contributed by atoms with van der Waals surface area (Å²) in [6, 6.07) is 7.85. The Labute approximate surface area is 135 Å². The molecule has 0 atom stereocenters. The van der Waals surface area contributed by atoms with Gasteiger partial charge in [-0.2, -0.15) is 0 Å². The van der Waals surface area contributed by atoms with Crippen LogP contribution in [0.5, 0.6) is 0 Å². The molecular formula is C16H21N5O2. The van der Waals surface area contributed by atoms with Crippen LogP contribution in [0.25, 0.3) is 5.69 Å². The third-order valence-electron chi connectivity index (χ3n) is 3.87. The van der Waals surface area contributed by atoms with E-state index in [-0.39, 0.29) is 11.7 Å².